The number of tetrazole rings is 1. The van der Waals surface area contributed by atoms with Crippen molar-refractivity contribution in [3.63, 3.8) is 0 Å². The largest absolute Gasteiger partial charge is 0.326 e. The van der Waals surface area contributed by atoms with Crippen molar-refractivity contribution in [3.05, 3.63) is 53.6 Å². The maximum absolute atomic E-state index is 12.3. The van der Waals surface area contributed by atoms with Crippen LogP contribution in [0.2, 0.25) is 0 Å². The van der Waals surface area contributed by atoms with E-state index < -0.39 is 0 Å². The van der Waals surface area contributed by atoms with E-state index in [0.29, 0.717) is 16.5 Å². The summed E-state index contributed by atoms with van der Waals surface area (Å²) in [6.07, 6.45) is 0. The van der Waals surface area contributed by atoms with Crippen LogP contribution in [0.5, 0.6) is 0 Å². The molecule has 0 radical (unpaired) electrons. The summed E-state index contributed by atoms with van der Waals surface area (Å²) in [5.41, 5.74) is 4.28. The molecule has 3 aromatic rings. The minimum absolute atomic E-state index is 0.140. The van der Waals surface area contributed by atoms with Crippen molar-refractivity contribution >= 4 is 35.0 Å². The van der Waals surface area contributed by atoms with Crippen LogP contribution in [0.15, 0.2) is 47.6 Å². The molecule has 0 saturated heterocycles. The first-order valence-electron chi connectivity index (χ1n) is 8.58. The van der Waals surface area contributed by atoms with Gasteiger partial charge in [-0.2, -0.15) is 4.68 Å². The van der Waals surface area contributed by atoms with E-state index in [9.17, 15) is 9.59 Å². The van der Waals surface area contributed by atoms with Gasteiger partial charge in [-0.15, -0.1) is 5.10 Å². The van der Waals surface area contributed by atoms with Crippen molar-refractivity contribution in [2.75, 3.05) is 16.4 Å². The molecule has 0 aliphatic rings. The normalized spacial score (nSPS) is 10.5. The monoisotopic (exact) mass is 396 g/mol. The maximum Gasteiger partial charge on any atom is 0.234 e. The van der Waals surface area contributed by atoms with Gasteiger partial charge in [0.05, 0.1) is 11.4 Å². The molecule has 0 aliphatic carbocycles. The zero-order chi connectivity index (χ0) is 20.1. The van der Waals surface area contributed by atoms with Crippen molar-refractivity contribution in [1.29, 1.82) is 0 Å². The van der Waals surface area contributed by atoms with Gasteiger partial charge in [-0.1, -0.05) is 35.5 Å². The number of thioether (sulfide) groups is 1. The Bertz CT molecular complexity index is 1020. The zero-order valence-electron chi connectivity index (χ0n) is 15.8. The summed E-state index contributed by atoms with van der Waals surface area (Å²) in [5.74, 6) is -0.135. The smallest absolute Gasteiger partial charge is 0.234 e. The summed E-state index contributed by atoms with van der Waals surface area (Å²) in [6, 6.07) is 13.0. The summed E-state index contributed by atoms with van der Waals surface area (Å²) in [4.78, 5) is 23.6. The van der Waals surface area contributed by atoms with Gasteiger partial charge in [0.2, 0.25) is 17.0 Å². The molecule has 0 fully saturated rings. The van der Waals surface area contributed by atoms with Gasteiger partial charge in [0.1, 0.15) is 0 Å². The number of amides is 2. The maximum atomic E-state index is 12.3. The zero-order valence-corrected chi connectivity index (χ0v) is 16.6. The number of aromatic nitrogens is 4. The number of rotatable bonds is 6. The van der Waals surface area contributed by atoms with Crippen molar-refractivity contribution in [2.24, 2.45) is 0 Å². The highest BCUT2D eigenvalue weighted by Crippen LogP contribution is 2.21. The fourth-order valence-electron chi connectivity index (χ4n) is 2.62. The average molecular weight is 396 g/mol. The molecule has 0 unspecified atom stereocenters. The topological polar surface area (TPSA) is 102 Å². The lowest BCUT2D eigenvalue weighted by molar-refractivity contribution is -0.114. The Morgan fingerprint density at radius 1 is 1.11 bits per heavy atom. The quantitative estimate of drug-likeness (QED) is 0.621. The molecule has 0 saturated carbocycles. The van der Waals surface area contributed by atoms with Crippen LogP contribution in [0.1, 0.15) is 18.1 Å². The van der Waals surface area contributed by atoms with Crippen molar-refractivity contribution in [1.82, 2.24) is 20.2 Å². The van der Waals surface area contributed by atoms with Crippen LogP contribution < -0.4 is 10.6 Å². The van der Waals surface area contributed by atoms with E-state index in [1.165, 1.54) is 23.4 Å². The van der Waals surface area contributed by atoms with Crippen molar-refractivity contribution in [3.8, 4) is 5.69 Å². The first-order valence-corrected chi connectivity index (χ1v) is 9.57. The molecule has 0 atom stereocenters. The number of carbonyl (C=O) groups is 2. The number of hydrogen-bond acceptors (Lipinski definition) is 6. The predicted octanol–water partition coefficient (Wildman–Crippen LogP) is 2.97. The lowest BCUT2D eigenvalue weighted by atomic mass is 10.1. The Labute approximate surface area is 166 Å². The second-order valence-corrected chi connectivity index (χ2v) is 7.20. The molecule has 9 heteroatoms. The number of anilines is 2. The van der Waals surface area contributed by atoms with Crippen LogP contribution in [0.25, 0.3) is 5.69 Å². The molecule has 0 spiro atoms. The Balaban J connectivity index is 1.67. The van der Waals surface area contributed by atoms with Gasteiger partial charge < -0.3 is 10.6 Å². The Morgan fingerprint density at radius 3 is 2.68 bits per heavy atom. The molecule has 144 valence electrons. The summed E-state index contributed by atoms with van der Waals surface area (Å²) < 4.78 is 1.53. The molecule has 1 aromatic heterocycles. The summed E-state index contributed by atoms with van der Waals surface area (Å²) in [5, 5.41) is 17.8. The van der Waals surface area contributed by atoms with E-state index >= 15 is 0 Å². The number of hydrogen-bond donors (Lipinski definition) is 2. The van der Waals surface area contributed by atoms with E-state index in [1.54, 1.807) is 18.2 Å². The minimum atomic E-state index is -0.161. The predicted molar refractivity (Wildman–Crippen MR) is 109 cm³/mol. The van der Waals surface area contributed by atoms with E-state index in [-0.39, 0.29) is 17.6 Å². The summed E-state index contributed by atoms with van der Waals surface area (Å²) in [6.45, 7) is 5.41. The van der Waals surface area contributed by atoms with Crippen LogP contribution in [0.3, 0.4) is 0 Å². The van der Waals surface area contributed by atoms with Gasteiger partial charge in [0.25, 0.3) is 0 Å². The number of nitrogens with one attached hydrogen (secondary N) is 2. The lowest BCUT2D eigenvalue weighted by Crippen LogP contribution is -2.15. The Hall–Kier alpha value is -3.20. The Morgan fingerprint density at radius 2 is 1.93 bits per heavy atom. The minimum Gasteiger partial charge on any atom is -0.326 e. The third-order valence-electron chi connectivity index (χ3n) is 3.84. The van der Waals surface area contributed by atoms with Crippen LogP contribution in [0.4, 0.5) is 11.4 Å². The van der Waals surface area contributed by atoms with Crippen LogP contribution >= 0.6 is 11.8 Å². The molecular weight excluding hydrogens is 376 g/mol. The highest BCUT2D eigenvalue weighted by molar-refractivity contribution is 7.99. The summed E-state index contributed by atoms with van der Waals surface area (Å²) >= 11 is 1.23. The molecule has 2 amide bonds. The first-order chi connectivity index (χ1) is 13.4. The summed E-state index contributed by atoms with van der Waals surface area (Å²) in [7, 11) is 0. The van der Waals surface area contributed by atoms with Crippen molar-refractivity contribution in [2.45, 2.75) is 25.9 Å². The van der Waals surface area contributed by atoms with E-state index in [1.807, 2.05) is 38.1 Å². The van der Waals surface area contributed by atoms with Gasteiger partial charge >= 0.3 is 0 Å². The van der Waals surface area contributed by atoms with Gasteiger partial charge in [0, 0.05) is 18.3 Å². The second kappa shape index (κ2) is 8.66. The second-order valence-electron chi connectivity index (χ2n) is 6.26. The number of aryl methyl sites for hydroxylation is 2. The number of nitrogens with zero attached hydrogens (tertiary/aromatic N) is 4. The van der Waals surface area contributed by atoms with Crippen LogP contribution in [-0.2, 0) is 9.59 Å². The van der Waals surface area contributed by atoms with Gasteiger partial charge in [-0.25, -0.2) is 0 Å². The number of carbonyl (C=O) groups excluding carboxylic acids is 2. The standard InChI is InChI=1S/C19H20N6O2S/c1-12-7-8-17(13(2)9-12)21-18(27)11-28-19-22-23-24-25(19)16-6-4-5-15(10-16)20-14(3)26/h4-10H,11H2,1-3H3,(H,20,26)(H,21,27). The third kappa shape index (κ3) is 4.95. The van der Waals surface area contributed by atoms with Gasteiger partial charge in [-0.3, -0.25) is 9.59 Å². The van der Waals surface area contributed by atoms with Gasteiger partial charge in [-0.05, 0) is 54.1 Å². The molecule has 2 aromatic carbocycles. The van der Waals surface area contributed by atoms with Gasteiger partial charge in [0.15, 0.2) is 0 Å². The lowest BCUT2D eigenvalue weighted by Gasteiger charge is -2.09. The highest BCUT2D eigenvalue weighted by Gasteiger charge is 2.13. The van der Waals surface area contributed by atoms with Crippen LogP contribution in [-0.4, -0.2) is 37.8 Å². The fraction of sp³-hybridized carbons (Fsp3) is 0.211. The van der Waals surface area contributed by atoms with Crippen LogP contribution in [0, 0.1) is 13.8 Å². The molecule has 1 heterocycles. The number of benzene rings is 2. The van der Waals surface area contributed by atoms with E-state index in [0.717, 1.165) is 16.8 Å². The van der Waals surface area contributed by atoms with E-state index in [2.05, 4.69) is 26.2 Å². The Kier molecular flexibility index (Phi) is 6.05. The molecule has 0 bridgehead atoms. The van der Waals surface area contributed by atoms with Crippen molar-refractivity contribution < 1.29 is 9.59 Å². The van der Waals surface area contributed by atoms with E-state index in [4.69, 9.17) is 0 Å². The molecular formula is C19H20N6O2S. The SMILES string of the molecule is CC(=O)Nc1cccc(-n2nnnc2SCC(=O)Nc2ccc(C)cc2C)c1. The first kappa shape index (κ1) is 19.6. The molecule has 8 nitrogen and oxygen atoms in total. The third-order valence-corrected chi connectivity index (χ3v) is 4.76. The molecule has 2 N–H and O–H groups in total. The average Bonchev–Trinajstić information content (AvgIpc) is 3.11. The molecule has 0 aliphatic heterocycles. The molecule has 28 heavy (non-hydrogen) atoms. The highest BCUT2D eigenvalue weighted by atomic mass is 32.2. The molecule has 3 rings (SSSR count). The fourth-order valence-corrected chi connectivity index (χ4v) is 3.31.